The fourth-order valence-electron chi connectivity index (χ4n) is 1.55. The summed E-state index contributed by atoms with van der Waals surface area (Å²) in [7, 11) is 0. The molecule has 1 fully saturated rings. The third-order valence-electron chi connectivity index (χ3n) is 2.34. The van der Waals surface area contributed by atoms with E-state index in [1.54, 1.807) is 6.20 Å². The molecule has 1 aliphatic carbocycles. The van der Waals surface area contributed by atoms with Gasteiger partial charge in [-0.15, -0.1) is 0 Å². The van der Waals surface area contributed by atoms with Gasteiger partial charge < -0.3 is 0 Å². The van der Waals surface area contributed by atoms with Gasteiger partial charge in [0.05, 0.1) is 0 Å². The van der Waals surface area contributed by atoms with E-state index in [0.29, 0.717) is 0 Å². The smallest absolute Gasteiger partial charge is 0.181 e. The van der Waals surface area contributed by atoms with E-state index in [9.17, 15) is 0 Å². The quantitative estimate of drug-likeness (QED) is 0.689. The van der Waals surface area contributed by atoms with Crippen LogP contribution in [0.3, 0.4) is 0 Å². The number of H-pyrrole nitrogens is 1. The van der Waals surface area contributed by atoms with Crippen LogP contribution in [0.5, 0.6) is 0 Å². The van der Waals surface area contributed by atoms with E-state index < -0.39 is 0 Å². The Morgan fingerprint density at radius 3 is 3.17 bits per heavy atom. The Balaban J connectivity index is 2.30. The lowest BCUT2D eigenvalue weighted by atomic mass is 10.2. The molecule has 3 rings (SSSR count). The van der Waals surface area contributed by atoms with Gasteiger partial charge in [-0.2, -0.15) is 5.10 Å². The zero-order valence-electron chi connectivity index (χ0n) is 6.62. The largest absolute Gasteiger partial charge is 0.279 e. The van der Waals surface area contributed by atoms with Crippen molar-refractivity contribution in [1.29, 1.82) is 0 Å². The van der Waals surface area contributed by atoms with Crippen LogP contribution in [0.4, 0.5) is 0 Å². The number of rotatable bonds is 1. The molecule has 1 aliphatic rings. The number of nitrogens with one attached hydrogen (secondary N) is 1. The number of aromatic nitrogens is 3. The predicted molar refractivity (Wildman–Crippen MR) is 45.9 cm³/mol. The molecule has 3 nitrogen and oxygen atoms in total. The SMILES string of the molecule is c1cnc2n[nH]c(C3CC3)c2c1. The van der Waals surface area contributed by atoms with E-state index in [-0.39, 0.29) is 0 Å². The van der Waals surface area contributed by atoms with Gasteiger partial charge >= 0.3 is 0 Å². The normalized spacial score (nSPS) is 17.0. The first-order chi connectivity index (χ1) is 5.95. The number of fused-ring (bicyclic) bond motifs is 1. The molecule has 3 heteroatoms. The highest BCUT2D eigenvalue weighted by atomic mass is 15.1. The molecule has 0 spiro atoms. The molecule has 0 atom stereocenters. The number of hydrogen-bond acceptors (Lipinski definition) is 2. The van der Waals surface area contributed by atoms with E-state index in [4.69, 9.17) is 0 Å². The molecule has 0 aromatic carbocycles. The molecule has 0 saturated heterocycles. The van der Waals surface area contributed by atoms with Gasteiger partial charge in [0.2, 0.25) is 0 Å². The van der Waals surface area contributed by atoms with Gasteiger partial charge in [0, 0.05) is 23.2 Å². The second kappa shape index (κ2) is 2.06. The summed E-state index contributed by atoms with van der Waals surface area (Å²) < 4.78 is 0. The molecule has 0 amide bonds. The van der Waals surface area contributed by atoms with Crippen LogP contribution < -0.4 is 0 Å². The molecule has 0 radical (unpaired) electrons. The van der Waals surface area contributed by atoms with Gasteiger partial charge in [-0.1, -0.05) is 0 Å². The number of hydrogen-bond donors (Lipinski definition) is 1. The third-order valence-corrected chi connectivity index (χ3v) is 2.34. The van der Waals surface area contributed by atoms with Gasteiger partial charge in [0.25, 0.3) is 0 Å². The Morgan fingerprint density at radius 1 is 1.42 bits per heavy atom. The van der Waals surface area contributed by atoms with E-state index in [0.717, 1.165) is 11.6 Å². The average Bonchev–Trinajstić information content (AvgIpc) is 2.86. The molecular formula is C9H9N3. The molecule has 1 N–H and O–H groups in total. The van der Waals surface area contributed by atoms with E-state index >= 15 is 0 Å². The van der Waals surface area contributed by atoms with Crippen LogP contribution in [0.25, 0.3) is 11.0 Å². The van der Waals surface area contributed by atoms with Crippen LogP contribution in [0.15, 0.2) is 18.3 Å². The Hall–Kier alpha value is -1.38. The average molecular weight is 159 g/mol. The minimum atomic E-state index is 0.721. The van der Waals surface area contributed by atoms with Gasteiger partial charge in [-0.25, -0.2) is 4.98 Å². The monoisotopic (exact) mass is 159 g/mol. The second-order valence-electron chi connectivity index (χ2n) is 3.29. The summed E-state index contributed by atoms with van der Waals surface area (Å²) in [6, 6.07) is 4.04. The van der Waals surface area contributed by atoms with Crippen molar-refractivity contribution in [1.82, 2.24) is 15.2 Å². The molecular weight excluding hydrogens is 150 g/mol. The summed E-state index contributed by atoms with van der Waals surface area (Å²) in [5.74, 6) is 0.721. The lowest BCUT2D eigenvalue weighted by Gasteiger charge is -1.90. The van der Waals surface area contributed by atoms with Crippen molar-refractivity contribution in [3.05, 3.63) is 24.0 Å². The molecule has 1 saturated carbocycles. The zero-order valence-corrected chi connectivity index (χ0v) is 6.62. The van der Waals surface area contributed by atoms with Crippen LogP contribution in [0.1, 0.15) is 24.5 Å². The first kappa shape index (κ1) is 6.17. The first-order valence-corrected chi connectivity index (χ1v) is 4.24. The lowest BCUT2D eigenvalue weighted by molar-refractivity contribution is 0.974. The third kappa shape index (κ3) is 0.763. The summed E-state index contributed by atoms with van der Waals surface area (Å²) in [5, 5.41) is 8.40. The van der Waals surface area contributed by atoms with Crippen molar-refractivity contribution in [2.75, 3.05) is 0 Å². The molecule has 2 aromatic heterocycles. The first-order valence-electron chi connectivity index (χ1n) is 4.24. The van der Waals surface area contributed by atoms with E-state index in [1.807, 2.05) is 6.07 Å². The van der Waals surface area contributed by atoms with Crippen molar-refractivity contribution in [3.63, 3.8) is 0 Å². The Labute approximate surface area is 69.8 Å². The highest BCUT2D eigenvalue weighted by molar-refractivity contribution is 5.78. The maximum atomic E-state index is 4.17. The van der Waals surface area contributed by atoms with E-state index in [2.05, 4.69) is 21.2 Å². The molecule has 2 aromatic rings. The molecule has 60 valence electrons. The van der Waals surface area contributed by atoms with Crippen molar-refractivity contribution >= 4 is 11.0 Å². The summed E-state index contributed by atoms with van der Waals surface area (Å²) in [4.78, 5) is 4.17. The molecule has 0 aliphatic heterocycles. The minimum Gasteiger partial charge on any atom is -0.279 e. The molecule has 2 heterocycles. The Morgan fingerprint density at radius 2 is 2.33 bits per heavy atom. The van der Waals surface area contributed by atoms with Crippen molar-refractivity contribution in [2.45, 2.75) is 18.8 Å². The zero-order chi connectivity index (χ0) is 7.97. The van der Waals surface area contributed by atoms with E-state index in [1.165, 1.54) is 23.9 Å². The lowest BCUT2D eigenvalue weighted by Crippen LogP contribution is -1.78. The fraction of sp³-hybridized carbons (Fsp3) is 0.333. The van der Waals surface area contributed by atoms with Crippen LogP contribution in [-0.4, -0.2) is 15.2 Å². The topological polar surface area (TPSA) is 41.6 Å². The van der Waals surface area contributed by atoms with Crippen molar-refractivity contribution < 1.29 is 0 Å². The van der Waals surface area contributed by atoms with Crippen LogP contribution in [0, 0.1) is 0 Å². The molecule has 0 bridgehead atoms. The van der Waals surface area contributed by atoms with Crippen molar-refractivity contribution in [3.8, 4) is 0 Å². The summed E-state index contributed by atoms with van der Waals surface area (Å²) in [6.45, 7) is 0. The van der Waals surface area contributed by atoms with Gasteiger partial charge in [0.15, 0.2) is 5.65 Å². The highest BCUT2D eigenvalue weighted by Gasteiger charge is 2.27. The summed E-state index contributed by atoms with van der Waals surface area (Å²) in [5.41, 5.74) is 2.12. The van der Waals surface area contributed by atoms with Crippen LogP contribution in [0.2, 0.25) is 0 Å². The fourth-order valence-corrected chi connectivity index (χ4v) is 1.55. The van der Waals surface area contributed by atoms with Gasteiger partial charge in [0.1, 0.15) is 0 Å². The van der Waals surface area contributed by atoms with Gasteiger partial charge in [-0.3, -0.25) is 5.10 Å². The standard InChI is InChI=1S/C9H9N3/c1-2-7-8(6-3-4-6)11-12-9(7)10-5-1/h1-2,5-6H,3-4H2,(H,10,11,12). The number of nitrogens with zero attached hydrogens (tertiary/aromatic N) is 2. The highest BCUT2D eigenvalue weighted by Crippen LogP contribution is 2.41. The van der Waals surface area contributed by atoms with Crippen molar-refractivity contribution in [2.24, 2.45) is 0 Å². The maximum Gasteiger partial charge on any atom is 0.181 e. The number of pyridine rings is 1. The second-order valence-corrected chi connectivity index (χ2v) is 3.29. The summed E-state index contributed by atoms with van der Waals surface area (Å²) in [6.07, 6.45) is 4.37. The predicted octanol–water partition coefficient (Wildman–Crippen LogP) is 1.84. The maximum absolute atomic E-state index is 4.17. The Kier molecular flexibility index (Phi) is 1.06. The number of aromatic amines is 1. The van der Waals surface area contributed by atoms with Gasteiger partial charge in [-0.05, 0) is 25.0 Å². The molecule has 12 heavy (non-hydrogen) atoms. The Bertz CT molecular complexity index is 414. The summed E-state index contributed by atoms with van der Waals surface area (Å²) >= 11 is 0. The minimum absolute atomic E-state index is 0.721. The van der Waals surface area contributed by atoms with Crippen LogP contribution in [-0.2, 0) is 0 Å². The van der Waals surface area contributed by atoms with Crippen LogP contribution >= 0.6 is 0 Å². The molecule has 0 unspecified atom stereocenters.